The SMILES string of the molecule is [2H]c1ccc2cc3ccccc3cc2c1. The van der Waals surface area contributed by atoms with Crippen LogP contribution in [-0.4, -0.2) is 0 Å². The molecule has 14 heavy (non-hydrogen) atoms. The van der Waals surface area contributed by atoms with Crippen molar-refractivity contribution in [3.05, 3.63) is 60.6 Å². The van der Waals surface area contributed by atoms with Crippen LogP contribution in [0.2, 0.25) is 0 Å². The third-order valence-electron chi connectivity index (χ3n) is 2.55. The van der Waals surface area contributed by atoms with E-state index in [-0.39, 0.29) is 0 Å². The average Bonchev–Trinajstić information content (AvgIpc) is 2.26. The molecule has 0 spiro atoms. The minimum absolute atomic E-state index is 0.567. The summed E-state index contributed by atoms with van der Waals surface area (Å²) >= 11 is 0. The van der Waals surface area contributed by atoms with Crippen LogP contribution in [-0.2, 0) is 0 Å². The van der Waals surface area contributed by atoms with Crippen LogP contribution in [0.25, 0.3) is 21.5 Å². The van der Waals surface area contributed by atoms with Gasteiger partial charge in [0.1, 0.15) is 0 Å². The van der Waals surface area contributed by atoms with Crippen molar-refractivity contribution >= 4 is 21.5 Å². The highest BCUT2D eigenvalue weighted by Gasteiger charge is 1.95. The van der Waals surface area contributed by atoms with Gasteiger partial charge in [0.05, 0.1) is 1.37 Å². The summed E-state index contributed by atoms with van der Waals surface area (Å²) in [5, 5.41) is 4.82. The van der Waals surface area contributed by atoms with Gasteiger partial charge >= 0.3 is 0 Å². The predicted octanol–water partition coefficient (Wildman–Crippen LogP) is 3.99. The topological polar surface area (TPSA) is 0 Å². The zero-order valence-electron chi connectivity index (χ0n) is 8.70. The molecule has 0 saturated carbocycles. The fraction of sp³-hybridized carbons (Fsp3) is 0. The molecule has 0 heteroatoms. The molecule has 0 aliphatic carbocycles. The second-order valence-corrected chi connectivity index (χ2v) is 3.47. The first kappa shape index (κ1) is 6.61. The molecule has 0 bridgehead atoms. The molecule has 0 aliphatic rings. The van der Waals surface area contributed by atoms with Crippen molar-refractivity contribution in [3.8, 4) is 0 Å². The van der Waals surface area contributed by atoms with Gasteiger partial charge in [-0.3, -0.25) is 0 Å². The summed E-state index contributed by atoms with van der Waals surface area (Å²) in [6.07, 6.45) is 0. The van der Waals surface area contributed by atoms with E-state index in [1.54, 1.807) is 0 Å². The predicted molar refractivity (Wildman–Crippen MR) is 61.5 cm³/mol. The van der Waals surface area contributed by atoms with Gasteiger partial charge in [0, 0.05) is 0 Å². The van der Waals surface area contributed by atoms with E-state index in [0.29, 0.717) is 6.04 Å². The summed E-state index contributed by atoms with van der Waals surface area (Å²) in [5.74, 6) is 0. The maximum absolute atomic E-state index is 7.59. The summed E-state index contributed by atoms with van der Waals surface area (Å²) in [7, 11) is 0. The molecule has 0 nitrogen and oxygen atoms in total. The Balaban J connectivity index is 2.47. The molecule has 0 unspecified atom stereocenters. The normalized spacial score (nSPS) is 11.9. The Labute approximate surface area is 84.2 Å². The first-order valence-corrected chi connectivity index (χ1v) is 4.72. The van der Waals surface area contributed by atoms with Gasteiger partial charge in [-0.1, -0.05) is 48.5 Å². The van der Waals surface area contributed by atoms with Gasteiger partial charge in [-0.25, -0.2) is 0 Å². The maximum Gasteiger partial charge on any atom is 0.0623 e. The highest BCUT2D eigenvalue weighted by Crippen LogP contribution is 2.21. The van der Waals surface area contributed by atoms with E-state index in [1.807, 2.05) is 30.3 Å². The molecule has 0 saturated heterocycles. The molecule has 0 amide bonds. The van der Waals surface area contributed by atoms with Gasteiger partial charge in [0.2, 0.25) is 0 Å². The Hall–Kier alpha value is -1.82. The van der Waals surface area contributed by atoms with Crippen LogP contribution in [0.1, 0.15) is 1.37 Å². The van der Waals surface area contributed by atoms with E-state index < -0.39 is 0 Å². The zero-order chi connectivity index (χ0) is 10.3. The highest BCUT2D eigenvalue weighted by molar-refractivity contribution is 5.97. The largest absolute Gasteiger partial charge is 0.0623 e. The second kappa shape index (κ2) is 2.85. The molecule has 0 heterocycles. The molecule has 0 fully saturated rings. The summed E-state index contributed by atoms with van der Waals surface area (Å²) in [6, 6.07) is 18.9. The summed E-state index contributed by atoms with van der Waals surface area (Å²) < 4.78 is 7.59. The van der Waals surface area contributed by atoms with Crippen molar-refractivity contribution in [2.24, 2.45) is 0 Å². The minimum Gasteiger partial charge on any atom is -0.0616 e. The van der Waals surface area contributed by atoms with Crippen LogP contribution in [0.15, 0.2) is 60.6 Å². The van der Waals surface area contributed by atoms with Crippen LogP contribution in [0.3, 0.4) is 0 Å². The molecule has 0 radical (unpaired) electrons. The molecular formula is C14H10. The lowest BCUT2D eigenvalue weighted by molar-refractivity contribution is 1.76. The zero-order valence-corrected chi connectivity index (χ0v) is 7.70. The number of fused-ring (bicyclic) bond motifs is 2. The van der Waals surface area contributed by atoms with Gasteiger partial charge in [-0.2, -0.15) is 0 Å². The van der Waals surface area contributed by atoms with Crippen molar-refractivity contribution in [1.29, 1.82) is 0 Å². The van der Waals surface area contributed by atoms with E-state index in [2.05, 4.69) is 24.3 Å². The van der Waals surface area contributed by atoms with Crippen molar-refractivity contribution in [2.75, 3.05) is 0 Å². The molecule has 3 aromatic rings. The number of rotatable bonds is 0. The summed E-state index contributed by atoms with van der Waals surface area (Å²) in [4.78, 5) is 0. The molecular weight excluding hydrogens is 168 g/mol. The first-order valence-electron chi connectivity index (χ1n) is 5.22. The summed E-state index contributed by atoms with van der Waals surface area (Å²) in [6.45, 7) is 0. The minimum atomic E-state index is 0.567. The average molecular weight is 179 g/mol. The van der Waals surface area contributed by atoms with Crippen LogP contribution < -0.4 is 0 Å². The Kier molecular flexibility index (Phi) is 1.34. The van der Waals surface area contributed by atoms with Gasteiger partial charge < -0.3 is 0 Å². The van der Waals surface area contributed by atoms with E-state index in [4.69, 9.17) is 1.37 Å². The van der Waals surface area contributed by atoms with Crippen LogP contribution in [0.4, 0.5) is 0 Å². The molecule has 66 valence electrons. The lowest BCUT2D eigenvalue weighted by atomic mass is 10.0. The van der Waals surface area contributed by atoms with Crippen molar-refractivity contribution in [3.63, 3.8) is 0 Å². The quantitative estimate of drug-likeness (QED) is 0.458. The Bertz CT molecular complexity index is 641. The Morgan fingerprint density at radius 1 is 0.643 bits per heavy atom. The molecule has 3 rings (SSSR count). The summed E-state index contributed by atoms with van der Waals surface area (Å²) in [5.41, 5.74) is 0. The maximum atomic E-state index is 7.59. The third-order valence-corrected chi connectivity index (χ3v) is 2.55. The number of hydrogen-bond acceptors (Lipinski definition) is 0. The molecule has 0 aliphatic heterocycles. The van der Waals surface area contributed by atoms with Gasteiger partial charge in [0.15, 0.2) is 0 Å². The fourth-order valence-electron chi connectivity index (χ4n) is 1.82. The Morgan fingerprint density at radius 2 is 1.14 bits per heavy atom. The standard InChI is InChI=1S/C14H10/c1-2-6-12-10-14-8-4-3-7-13(14)9-11(12)5-1/h1-10H/i1D. The Morgan fingerprint density at radius 3 is 1.79 bits per heavy atom. The molecule has 0 N–H and O–H groups in total. The molecule has 3 aromatic carbocycles. The second-order valence-electron chi connectivity index (χ2n) is 3.47. The van der Waals surface area contributed by atoms with E-state index >= 15 is 0 Å². The molecule has 0 aromatic heterocycles. The van der Waals surface area contributed by atoms with Crippen molar-refractivity contribution in [1.82, 2.24) is 0 Å². The fourth-order valence-corrected chi connectivity index (χ4v) is 1.82. The smallest absolute Gasteiger partial charge is 0.0616 e. The lowest BCUT2D eigenvalue weighted by Gasteiger charge is -2.00. The third kappa shape index (κ3) is 1.08. The van der Waals surface area contributed by atoms with Crippen LogP contribution in [0.5, 0.6) is 0 Å². The van der Waals surface area contributed by atoms with E-state index in [9.17, 15) is 0 Å². The van der Waals surface area contributed by atoms with Crippen molar-refractivity contribution in [2.45, 2.75) is 0 Å². The van der Waals surface area contributed by atoms with E-state index in [0.717, 1.165) is 5.39 Å². The van der Waals surface area contributed by atoms with E-state index in [1.165, 1.54) is 16.2 Å². The monoisotopic (exact) mass is 179 g/mol. The van der Waals surface area contributed by atoms with Gasteiger partial charge in [-0.15, -0.1) is 0 Å². The molecule has 0 atom stereocenters. The van der Waals surface area contributed by atoms with Gasteiger partial charge in [0.25, 0.3) is 0 Å². The van der Waals surface area contributed by atoms with Crippen LogP contribution in [0, 0.1) is 0 Å². The first-order chi connectivity index (χ1) is 7.33. The van der Waals surface area contributed by atoms with Gasteiger partial charge in [-0.05, 0) is 33.7 Å². The lowest BCUT2D eigenvalue weighted by Crippen LogP contribution is -1.74. The highest BCUT2D eigenvalue weighted by atomic mass is 14.0. The van der Waals surface area contributed by atoms with Crippen LogP contribution >= 0.6 is 0 Å². The van der Waals surface area contributed by atoms with Crippen molar-refractivity contribution < 1.29 is 1.37 Å². The number of benzene rings is 3. The number of hydrogen-bond donors (Lipinski definition) is 0.